The number of anilines is 6. The second kappa shape index (κ2) is 14.1. The molecular weight excluding hydrogens is 701 g/mol. The van der Waals surface area contributed by atoms with Crippen molar-refractivity contribution < 1.29 is 0 Å². The van der Waals surface area contributed by atoms with Crippen molar-refractivity contribution in [3.63, 3.8) is 0 Å². The SMILES string of the molecule is c1ccc(-c2cccc(N(c3ccccc3)c3ccc4c5cccc6c(N(c7ccccc7)c7cccc(-c8ccccc8)c7)ccc(c7cccc3c74)c65)c2)cc1. The van der Waals surface area contributed by atoms with E-state index in [0.717, 1.165) is 34.1 Å². The number of hydrogen-bond acceptors (Lipinski definition) is 2. The average Bonchev–Trinajstić information content (AvgIpc) is 3.30. The van der Waals surface area contributed by atoms with Gasteiger partial charge >= 0.3 is 0 Å². The molecule has 0 fully saturated rings. The molecule has 11 aromatic rings. The van der Waals surface area contributed by atoms with Gasteiger partial charge in [-0.3, -0.25) is 0 Å². The lowest BCUT2D eigenvalue weighted by atomic mass is 9.88. The Morgan fingerprint density at radius 1 is 0.207 bits per heavy atom. The highest BCUT2D eigenvalue weighted by Gasteiger charge is 2.23. The van der Waals surface area contributed by atoms with E-state index in [1.165, 1.54) is 65.3 Å². The molecule has 0 saturated carbocycles. The summed E-state index contributed by atoms with van der Waals surface area (Å²) in [5, 5.41) is 10.0. The van der Waals surface area contributed by atoms with Crippen LogP contribution in [0, 0.1) is 0 Å². The van der Waals surface area contributed by atoms with E-state index in [-0.39, 0.29) is 0 Å². The summed E-state index contributed by atoms with van der Waals surface area (Å²) in [6, 6.07) is 83.6. The monoisotopic (exact) mass is 738 g/mol. The molecule has 0 unspecified atom stereocenters. The van der Waals surface area contributed by atoms with E-state index in [2.05, 4.69) is 240 Å². The van der Waals surface area contributed by atoms with Gasteiger partial charge in [-0.1, -0.05) is 170 Å². The molecule has 0 aliphatic heterocycles. The van der Waals surface area contributed by atoms with Crippen LogP contribution in [0.2, 0.25) is 0 Å². The zero-order chi connectivity index (χ0) is 38.4. The summed E-state index contributed by atoms with van der Waals surface area (Å²) in [4.78, 5) is 4.83. The number of nitrogens with zero attached hydrogens (tertiary/aromatic N) is 2. The van der Waals surface area contributed by atoms with E-state index in [1.807, 2.05) is 0 Å². The normalized spacial score (nSPS) is 11.4. The summed E-state index contributed by atoms with van der Waals surface area (Å²) >= 11 is 0. The summed E-state index contributed by atoms with van der Waals surface area (Å²) in [7, 11) is 0. The Labute approximate surface area is 338 Å². The third kappa shape index (κ3) is 5.66. The maximum absolute atomic E-state index is 2.41. The maximum Gasteiger partial charge on any atom is 0.0540 e. The van der Waals surface area contributed by atoms with Crippen LogP contribution < -0.4 is 9.80 Å². The minimum absolute atomic E-state index is 1.12. The first-order valence-electron chi connectivity index (χ1n) is 19.9. The zero-order valence-corrected chi connectivity index (χ0v) is 31.8. The minimum Gasteiger partial charge on any atom is -0.310 e. The van der Waals surface area contributed by atoms with E-state index in [1.54, 1.807) is 0 Å². The van der Waals surface area contributed by atoms with Gasteiger partial charge in [0.05, 0.1) is 11.4 Å². The Balaban J connectivity index is 1.13. The summed E-state index contributed by atoms with van der Waals surface area (Å²) in [5.74, 6) is 0. The first-order valence-corrected chi connectivity index (χ1v) is 19.9. The second-order valence-corrected chi connectivity index (χ2v) is 14.9. The predicted molar refractivity (Wildman–Crippen MR) is 248 cm³/mol. The topological polar surface area (TPSA) is 6.48 Å². The third-order valence-electron chi connectivity index (χ3n) is 11.5. The van der Waals surface area contributed by atoms with Gasteiger partial charge in [-0.25, -0.2) is 0 Å². The largest absolute Gasteiger partial charge is 0.310 e. The van der Waals surface area contributed by atoms with Crippen LogP contribution in [0.25, 0.3) is 65.3 Å². The van der Waals surface area contributed by atoms with E-state index in [9.17, 15) is 0 Å². The standard InChI is InChI=1S/C56H38N2/c1-5-17-39(18-6-1)41-21-13-27-45(37-41)57(43-23-9-3-10-24-43)53-35-33-49-48-30-16-32-52-54(36-34-50(56(48)52)47-29-15-31-51(53)55(47)49)58(44-25-11-4-12-26-44)46-28-14-22-42(38-46)40-19-7-2-8-20-40/h1-38H. The van der Waals surface area contributed by atoms with E-state index >= 15 is 0 Å². The molecule has 272 valence electrons. The van der Waals surface area contributed by atoms with E-state index in [4.69, 9.17) is 0 Å². The van der Waals surface area contributed by atoms with Crippen LogP contribution in [-0.4, -0.2) is 0 Å². The van der Waals surface area contributed by atoms with Gasteiger partial charge in [0.15, 0.2) is 0 Å². The van der Waals surface area contributed by atoms with Gasteiger partial charge in [0.1, 0.15) is 0 Å². The molecule has 0 saturated heterocycles. The molecule has 0 N–H and O–H groups in total. The molecule has 58 heavy (non-hydrogen) atoms. The van der Waals surface area contributed by atoms with Gasteiger partial charge in [-0.15, -0.1) is 0 Å². The quantitative estimate of drug-likeness (QED) is 0.113. The zero-order valence-electron chi connectivity index (χ0n) is 31.8. The fourth-order valence-corrected chi connectivity index (χ4v) is 8.99. The average molecular weight is 739 g/mol. The van der Waals surface area contributed by atoms with Crippen LogP contribution in [0.3, 0.4) is 0 Å². The van der Waals surface area contributed by atoms with Gasteiger partial charge < -0.3 is 9.80 Å². The molecule has 0 heterocycles. The number of benzene rings is 11. The van der Waals surface area contributed by atoms with Gasteiger partial charge in [0.25, 0.3) is 0 Å². The lowest BCUT2D eigenvalue weighted by Gasteiger charge is -2.29. The van der Waals surface area contributed by atoms with Crippen molar-refractivity contribution >= 4 is 77.2 Å². The first kappa shape index (κ1) is 33.6. The molecule has 0 amide bonds. The number of hydrogen-bond donors (Lipinski definition) is 0. The van der Waals surface area contributed by atoms with Crippen molar-refractivity contribution in [3.8, 4) is 22.3 Å². The van der Waals surface area contributed by atoms with Crippen molar-refractivity contribution in [3.05, 3.63) is 231 Å². The summed E-state index contributed by atoms with van der Waals surface area (Å²) in [6.45, 7) is 0. The van der Waals surface area contributed by atoms with Crippen LogP contribution in [0.1, 0.15) is 0 Å². The third-order valence-corrected chi connectivity index (χ3v) is 11.5. The Morgan fingerprint density at radius 2 is 0.517 bits per heavy atom. The second-order valence-electron chi connectivity index (χ2n) is 14.9. The maximum atomic E-state index is 2.41. The van der Waals surface area contributed by atoms with E-state index in [0.29, 0.717) is 0 Å². The van der Waals surface area contributed by atoms with Crippen molar-refractivity contribution in [1.29, 1.82) is 0 Å². The van der Waals surface area contributed by atoms with Crippen LogP contribution in [0.4, 0.5) is 34.1 Å². The summed E-state index contributed by atoms with van der Waals surface area (Å²) in [5.41, 5.74) is 11.6. The highest BCUT2D eigenvalue weighted by molar-refractivity contribution is 6.35. The molecule has 11 rings (SSSR count). The highest BCUT2D eigenvalue weighted by atomic mass is 15.1. The first-order chi connectivity index (χ1) is 28.8. The summed E-state index contributed by atoms with van der Waals surface area (Å²) < 4.78 is 0. The van der Waals surface area contributed by atoms with Gasteiger partial charge in [-0.2, -0.15) is 0 Å². The molecular formula is C56H38N2. The Kier molecular flexibility index (Phi) is 8.19. The molecule has 11 aromatic carbocycles. The molecule has 0 aliphatic rings. The number of rotatable bonds is 8. The van der Waals surface area contributed by atoms with E-state index < -0.39 is 0 Å². The smallest absolute Gasteiger partial charge is 0.0540 e. The molecule has 0 aromatic heterocycles. The van der Waals surface area contributed by atoms with Crippen molar-refractivity contribution in [2.75, 3.05) is 9.80 Å². The molecule has 0 spiro atoms. The minimum atomic E-state index is 1.12. The van der Waals surface area contributed by atoms with Gasteiger partial charge in [-0.05, 0) is 115 Å². The predicted octanol–water partition coefficient (Wildman–Crippen LogP) is 16.0. The van der Waals surface area contributed by atoms with Crippen LogP contribution in [0.5, 0.6) is 0 Å². The summed E-state index contributed by atoms with van der Waals surface area (Å²) in [6.07, 6.45) is 0. The number of fused-ring (bicyclic) bond motifs is 2. The Hall–Kier alpha value is -7.68. The van der Waals surface area contributed by atoms with Crippen LogP contribution in [-0.2, 0) is 0 Å². The van der Waals surface area contributed by atoms with Crippen molar-refractivity contribution in [2.45, 2.75) is 0 Å². The van der Waals surface area contributed by atoms with Crippen molar-refractivity contribution in [2.24, 2.45) is 0 Å². The fourth-order valence-electron chi connectivity index (χ4n) is 8.99. The molecule has 2 heteroatoms. The van der Waals surface area contributed by atoms with Crippen molar-refractivity contribution in [1.82, 2.24) is 0 Å². The number of para-hydroxylation sites is 2. The lowest BCUT2D eigenvalue weighted by Crippen LogP contribution is -2.11. The molecule has 2 nitrogen and oxygen atoms in total. The Bertz CT molecular complexity index is 2970. The molecule has 0 atom stereocenters. The Morgan fingerprint density at radius 3 is 0.931 bits per heavy atom. The molecule has 0 aliphatic carbocycles. The van der Waals surface area contributed by atoms with Gasteiger partial charge in [0, 0.05) is 33.5 Å². The molecule has 0 radical (unpaired) electrons. The van der Waals surface area contributed by atoms with Crippen LogP contribution >= 0.6 is 0 Å². The lowest BCUT2D eigenvalue weighted by molar-refractivity contribution is 1.30. The van der Waals surface area contributed by atoms with Crippen LogP contribution in [0.15, 0.2) is 231 Å². The highest BCUT2D eigenvalue weighted by Crippen LogP contribution is 2.49. The van der Waals surface area contributed by atoms with Gasteiger partial charge in [0.2, 0.25) is 0 Å². The fraction of sp³-hybridized carbons (Fsp3) is 0. The molecule has 0 bridgehead atoms.